The van der Waals surface area contributed by atoms with Crippen molar-refractivity contribution in [2.24, 2.45) is 5.41 Å². The molecule has 1 atom stereocenters. The fourth-order valence-corrected chi connectivity index (χ4v) is 3.61. The number of rotatable bonds is 1. The maximum Gasteiger partial charge on any atom is 0.177 e. The van der Waals surface area contributed by atoms with Gasteiger partial charge in [-0.3, -0.25) is 9.59 Å². The van der Waals surface area contributed by atoms with E-state index in [9.17, 15) is 9.59 Å². The van der Waals surface area contributed by atoms with Crippen molar-refractivity contribution < 1.29 is 14.3 Å². The molecule has 0 bridgehead atoms. The van der Waals surface area contributed by atoms with Crippen molar-refractivity contribution in [2.45, 2.75) is 12.8 Å². The second kappa shape index (κ2) is 4.04. The molecular formula is C18H14O3. The lowest BCUT2D eigenvalue weighted by molar-refractivity contribution is 0.0705. The molecule has 0 unspecified atom stereocenters. The van der Waals surface area contributed by atoms with E-state index in [4.69, 9.17) is 4.74 Å². The molecule has 0 amide bonds. The molecule has 2 aromatic carbocycles. The van der Waals surface area contributed by atoms with Crippen LogP contribution in [0.3, 0.4) is 0 Å². The van der Waals surface area contributed by atoms with Crippen molar-refractivity contribution in [1.29, 1.82) is 0 Å². The Labute approximate surface area is 122 Å². The number of ether oxygens (including phenoxy) is 1. The number of ketones is 2. The molecule has 2 aliphatic carbocycles. The summed E-state index contributed by atoms with van der Waals surface area (Å²) in [5.74, 6) is 0.654. The number of carbonyl (C=O) groups is 2. The summed E-state index contributed by atoms with van der Waals surface area (Å²) in [6, 6.07) is 13.0. The second-order valence-electron chi connectivity index (χ2n) is 5.77. The van der Waals surface area contributed by atoms with Crippen molar-refractivity contribution >= 4 is 11.6 Å². The fourth-order valence-electron chi connectivity index (χ4n) is 3.61. The van der Waals surface area contributed by atoms with Gasteiger partial charge in [-0.15, -0.1) is 0 Å². The first-order valence-corrected chi connectivity index (χ1v) is 7.00. The largest absolute Gasteiger partial charge is 0.497 e. The van der Waals surface area contributed by atoms with Crippen LogP contribution in [0.15, 0.2) is 42.5 Å². The molecule has 1 spiro atoms. The van der Waals surface area contributed by atoms with Crippen LogP contribution in [-0.4, -0.2) is 18.7 Å². The normalized spacial score (nSPS) is 22.5. The molecule has 0 saturated heterocycles. The van der Waals surface area contributed by atoms with E-state index in [0.29, 0.717) is 24.0 Å². The number of carbonyl (C=O) groups excluding carboxylic acids is 2. The lowest BCUT2D eigenvalue weighted by Gasteiger charge is -2.18. The lowest BCUT2D eigenvalue weighted by Crippen LogP contribution is -2.34. The zero-order valence-corrected chi connectivity index (χ0v) is 11.7. The highest BCUT2D eigenvalue weighted by atomic mass is 16.5. The first-order valence-electron chi connectivity index (χ1n) is 7.00. The molecule has 3 heteroatoms. The summed E-state index contributed by atoms with van der Waals surface area (Å²) in [5, 5.41) is 0. The number of methoxy groups -OCH3 is 1. The molecule has 0 heterocycles. The van der Waals surface area contributed by atoms with Gasteiger partial charge in [0.25, 0.3) is 0 Å². The molecule has 0 aromatic heterocycles. The minimum Gasteiger partial charge on any atom is -0.497 e. The van der Waals surface area contributed by atoms with Gasteiger partial charge in [0, 0.05) is 11.1 Å². The average molecular weight is 278 g/mol. The number of hydrogen-bond donors (Lipinski definition) is 0. The minimum absolute atomic E-state index is 0.0294. The lowest BCUT2D eigenvalue weighted by atomic mass is 9.80. The van der Waals surface area contributed by atoms with E-state index < -0.39 is 5.41 Å². The quantitative estimate of drug-likeness (QED) is 0.753. The molecule has 21 heavy (non-hydrogen) atoms. The number of fused-ring (bicyclic) bond motifs is 2. The fraction of sp³-hybridized carbons (Fsp3) is 0.222. The summed E-state index contributed by atoms with van der Waals surface area (Å²) in [7, 11) is 1.60. The van der Waals surface area contributed by atoms with Gasteiger partial charge in [-0.1, -0.05) is 24.3 Å². The molecule has 0 N–H and O–H groups in total. The molecule has 0 radical (unpaired) electrons. The van der Waals surface area contributed by atoms with Crippen LogP contribution in [0.4, 0.5) is 0 Å². The van der Waals surface area contributed by atoms with E-state index in [0.717, 1.165) is 16.9 Å². The average Bonchev–Trinajstić information content (AvgIpc) is 2.95. The van der Waals surface area contributed by atoms with E-state index in [1.54, 1.807) is 19.2 Å². The third kappa shape index (κ3) is 1.49. The Morgan fingerprint density at radius 1 is 0.905 bits per heavy atom. The third-order valence-electron chi connectivity index (χ3n) is 4.67. The highest BCUT2D eigenvalue weighted by molar-refractivity contribution is 6.24. The van der Waals surface area contributed by atoms with Gasteiger partial charge < -0.3 is 4.74 Å². The first-order chi connectivity index (χ1) is 10.2. The van der Waals surface area contributed by atoms with Gasteiger partial charge in [-0.2, -0.15) is 0 Å². The van der Waals surface area contributed by atoms with Gasteiger partial charge in [0.05, 0.1) is 7.11 Å². The van der Waals surface area contributed by atoms with Gasteiger partial charge in [-0.05, 0) is 42.2 Å². The van der Waals surface area contributed by atoms with E-state index in [2.05, 4.69) is 0 Å². The van der Waals surface area contributed by atoms with Crippen LogP contribution in [0.2, 0.25) is 0 Å². The summed E-state index contributed by atoms with van der Waals surface area (Å²) in [6.07, 6.45) is 0.990. The summed E-state index contributed by atoms with van der Waals surface area (Å²) in [5.41, 5.74) is 2.34. The van der Waals surface area contributed by atoms with Gasteiger partial charge in [0.1, 0.15) is 11.2 Å². The van der Waals surface area contributed by atoms with E-state index in [1.807, 2.05) is 30.3 Å². The smallest absolute Gasteiger partial charge is 0.177 e. The monoisotopic (exact) mass is 278 g/mol. The van der Waals surface area contributed by atoms with E-state index in [-0.39, 0.29) is 11.6 Å². The molecule has 2 aromatic rings. The number of hydrogen-bond acceptors (Lipinski definition) is 3. The zero-order chi connectivity index (χ0) is 14.6. The van der Waals surface area contributed by atoms with Gasteiger partial charge >= 0.3 is 0 Å². The Kier molecular flexibility index (Phi) is 2.37. The Morgan fingerprint density at radius 3 is 2.29 bits per heavy atom. The molecule has 2 aliphatic rings. The maximum absolute atomic E-state index is 12.8. The van der Waals surface area contributed by atoms with E-state index in [1.165, 1.54) is 0 Å². The van der Waals surface area contributed by atoms with Crippen LogP contribution < -0.4 is 4.74 Å². The van der Waals surface area contributed by atoms with Gasteiger partial charge in [-0.25, -0.2) is 0 Å². The van der Waals surface area contributed by atoms with Crippen LogP contribution in [0.25, 0.3) is 0 Å². The molecule has 4 rings (SSSR count). The van der Waals surface area contributed by atoms with Crippen LogP contribution in [0, 0.1) is 5.41 Å². The Hall–Kier alpha value is -2.42. The summed E-state index contributed by atoms with van der Waals surface area (Å²) in [6.45, 7) is 0. The highest BCUT2D eigenvalue weighted by Gasteiger charge is 2.55. The Bertz CT molecular complexity index is 791. The summed E-state index contributed by atoms with van der Waals surface area (Å²) in [4.78, 5) is 25.6. The predicted molar refractivity (Wildman–Crippen MR) is 77.9 cm³/mol. The Morgan fingerprint density at radius 2 is 1.57 bits per heavy atom. The van der Waals surface area contributed by atoms with E-state index >= 15 is 0 Å². The third-order valence-corrected chi connectivity index (χ3v) is 4.67. The van der Waals surface area contributed by atoms with Gasteiger partial charge in [0.2, 0.25) is 0 Å². The van der Waals surface area contributed by atoms with Crippen LogP contribution in [-0.2, 0) is 12.8 Å². The summed E-state index contributed by atoms with van der Waals surface area (Å²) >= 11 is 0. The van der Waals surface area contributed by atoms with Crippen molar-refractivity contribution in [3.8, 4) is 5.75 Å². The first kappa shape index (κ1) is 12.3. The highest BCUT2D eigenvalue weighted by Crippen LogP contribution is 2.47. The molecule has 0 fully saturated rings. The Balaban J connectivity index is 1.83. The SMILES string of the molecule is COc1ccc2c(c1)C[C@@]1(Cc3ccccc3C1=O)C2=O. The molecule has 0 saturated carbocycles. The standard InChI is InChI=1S/C18H14O3/c1-21-13-6-7-15-12(8-13)10-18(17(15)20)9-11-4-2-3-5-14(11)16(18)19/h2-8H,9-10H2,1H3/t18-/m1/s1. The zero-order valence-electron chi connectivity index (χ0n) is 11.7. The maximum atomic E-state index is 12.8. The second-order valence-corrected chi connectivity index (χ2v) is 5.77. The molecule has 0 aliphatic heterocycles. The van der Waals surface area contributed by atoms with Crippen molar-refractivity contribution in [1.82, 2.24) is 0 Å². The van der Waals surface area contributed by atoms with Crippen molar-refractivity contribution in [3.63, 3.8) is 0 Å². The van der Waals surface area contributed by atoms with Crippen LogP contribution in [0.1, 0.15) is 31.8 Å². The van der Waals surface area contributed by atoms with Crippen molar-refractivity contribution in [2.75, 3.05) is 7.11 Å². The molecular weight excluding hydrogens is 264 g/mol. The number of Topliss-reactive ketones (excluding diaryl/α,β-unsaturated/α-hetero) is 2. The van der Waals surface area contributed by atoms with Crippen molar-refractivity contribution in [3.05, 3.63) is 64.7 Å². The predicted octanol–water partition coefficient (Wildman–Crippen LogP) is 2.86. The number of benzene rings is 2. The van der Waals surface area contributed by atoms with Gasteiger partial charge in [0.15, 0.2) is 11.6 Å². The summed E-state index contributed by atoms with van der Waals surface area (Å²) < 4.78 is 5.22. The van der Waals surface area contributed by atoms with Crippen LogP contribution >= 0.6 is 0 Å². The minimum atomic E-state index is -0.918. The molecule has 104 valence electrons. The van der Waals surface area contributed by atoms with Crippen LogP contribution in [0.5, 0.6) is 5.75 Å². The topological polar surface area (TPSA) is 43.4 Å². The molecule has 3 nitrogen and oxygen atoms in total.